The summed E-state index contributed by atoms with van der Waals surface area (Å²) >= 11 is 0. The van der Waals surface area contributed by atoms with Crippen LogP contribution in [0.25, 0.3) is 0 Å². The fraction of sp³-hybridized carbons (Fsp3) is 1.00. The molecule has 0 fully saturated rings. The number of sulfone groups is 1. The molecule has 0 spiro atoms. The Morgan fingerprint density at radius 1 is 1.18 bits per heavy atom. The van der Waals surface area contributed by atoms with Crippen LogP contribution in [-0.4, -0.2) is 43.4 Å². The van der Waals surface area contributed by atoms with Gasteiger partial charge in [-0.15, -0.1) is 0 Å². The highest BCUT2D eigenvalue weighted by molar-refractivity contribution is 7.91. The second-order valence-corrected chi connectivity index (χ2v) is 7.73. The van der Waals surface area contributed by atoms with Gasteiger partial charge >= 0.3 is 0 Å². The smallest absolute Gasteiger partial charge is 0.150 e. The Balaban J connectivity index is 4.37. The molecule has 4 nitrogen and oxygen atoms in total. The zero-order chi connectivity index (χ0) is 13.5. The molecule has 2 N–H and O–H groups in total. The van der Waals surface area contributed by atoms with Gasteiger partial charge in [-0.3, -0.25) is 0 Å². The van der Waals surface area contributed by atoms with Gasteiger partial charge in [0.25, 0.3) is 0 Å². The molecule has 0 aromatic heterocycles. The molecule has 0 saturated carbocycles. The van der Waals surface area contributed by atoms with Gasteiger partial charge in [0.2, 0.25) is 0 Å². The molecule has 0 aliphatic carbocycles. The summed E-state index contributed by atoms with van der Waals surface area (Å²) < 4.78 is 22.7. The Kier molecular flexibility index (Phi) is 7.28. The van der Waals surface area contributed by atoms with Crippen LogP contribution in [0.15, 0.2) is 0 Å². The van der Waals surface area contributed by atoms with Gasteiger partial charge in [0.05, 0.1) is 19.0 Å². The first-order valence-electron chi connectivity index (χ1n) is 6.23. The molecule has 0 rings (SSSR count). The third kappa shape index (κ3) is 6.38. The van der Waals surface area contributed by atoms with Crippen LogP contribution in [0.1, 0.15) is 40.0 Å². The van der Waals surface area contributed by atoms with Crippen molar-refractivity contribution in [1.29, 1.82) is 0 Å². The molecule has 104 valence electrons. The summed E-state index contributed by atoms with van der Waals surface area (Å²) in [6, 6.07) is 0. The maximum absolute atomic E-state index is 11.4. The van der Waals surface area contributed by atoms with Crippen LogP contribution in [0.3, 0.4) is 0 Å². The number of hydrogen-bond acceptors (Lipinski definition) is 4. The summed E-state index contributed by atoms with van der Waals surface area (Å²) in [7, 11) is -2.95. The summed E-state index contributed by atoms with van der Waals surface area (Å²) in [5.41, 5.74) is -0.530. The van der Waals surface area contributed by atoms with Crippen molar-refractivity contribution < 1.29 is 18.6 Å². The molecule has 0 atom stereocenters. The Labute approximate surface area is 105 Å². The summed E-state index contributed by atoms with van der Waals surface area (Å²) in [4.78, 5) is 0. The number of aliphatic hydroxyl groups is 2. The van der Waals surface area contributed by atoms with E-state index in [-0.39, 0.29) is 24.7 Å². The second kappa shape index (κ2) is 7.34. The summed E-state index contributed by atoms with van der Waals surface area (Å²) in [5, 5.41) is 18.8. The molecular formula is C12H26O4S. The van der Waals surface area contributed by atoms with Crippen LogP contribution >= 0.6 is 0 Å². The predicted octanol–water partition coefficient (Wildman–Crippen LogP) is 1.22. The highest BCUT2D eigenvalue weighted by Crippen LogP contribution is 2.31. The summed E-state index contributed by atoms with van der Waals surface area (Å²) in [5.74, 6) is 0.670. The van der Waals surface area contributed by atoms with Gasteiger partial charge in [-0.25, -0.2) is 8.42 Å². The third-order valence-corrected chi connectivity index (χ3v) is 4.90. The highest BCUT2D eigenvalue weighted by atomic mass is 32.2. The first-order chi connectivity index (χ1) is 7.81. The number of aliphatic hydroxyl groups excluding tert-OH is 2. The standard InChI is InChI=1S/C12H26O4S/c1-4-17(15,16)7-5-6-12(9-13,10-14)8-11(2)3/h11,13-14H,4-10H2,1-3H3. The van der Waals surface area contributed by atoms with E-state index in [9.17, 15) is 18.6 Å². The Hall–Kier alpha value is -0.130. The Morgan fingerprint density at radius 3 is 2.06 bits per heavy atom. The maximum atomic E-state index is 11.4. The zero-order valence-electron chi connectivity index (χ0n) is 11.1. The largest absolute Gasteiger partial charge is 0.396 e. The monoisotopic (exact) mass is 266 g/mol. The normalized spacial score (nSPS) is 13.3. The molecule has 0 heterocycles. The summed E-state index contributed by atoms with van der Waals surface area (Å²) in [6.45, 7) is 5.52. The van der Waals surface area contributed by atoms with E-state index in [4.69, 9.17) is 0 Å². The topological polar surface area (TPSA) is 74.6 Å². The SMILES string of the molecule is CCS(=O)(=O)CCCC(CO)(CO)CC(C)C. The average Bonchev–Trinajstić information content (AvgIpc) is 2.27. The Bertz CT molecular complexity index is 292. The van der Waals surface area contributed by atoms with E-state index >= 15 is 0 Å². The van der Waals surface area contributed by atoms with Gasteiger partial charge in [0.15, 0.2) is 0 Å². The fourth-order valence-corrected chi connectivity index (χ4v) is 2.99. The maximum Gasteiger partial charge on any atom is 0.150 e. The van der Waals surface area contributed by atoms with E-state index in [1.54, 1.807) is 6.92 Å². The molecular weight excluding hydrogens is 240 g/mol. The van der Waals surface area contributed by atoms with Gasteiger partial charge in [0, 0.05) is 11.2 Å². The molecule has 0 unspecified atom stereocenters. The van der Waals surface area contributed by atoms with Crippen molar-refractivity contribution in [2.45, 2.75) is 40.0 Å². The van der Waals surface area contributed by atoms with E-state index in [1.165, 1.54) is 0 Å². The predicted molar refractivity (Wildman–Crippen MR) is 69.6 cm³/mol. The lowest BCUT2D eigenvalue weighted by Gasteiger charge is -2.31. The molecule has 0 saturated heterocycles. The molecule has 0 aliphatic heterocycles. The molecule has 5 heteroatoms. The van der Waals surface area contributed by atoms with Crippen molar-refractivity contribution in [1.82, 2.24) is 0 Å². The van der Waals surface area contributed by atoms with Gasteiger partial charge in [0.1, 0.15) is 9.84 Å². The minimum Gasteiger partial charge on any atom is -0.396 e. The number of rotatable bonds is 9. The lowest BCUT2D eigenvalue weighted by atomic mass is 9.78. The van der Waals surface area contributed by atoms with E-state index in [1.807, 2.05) is 13.8 Å². The summed E-state index contributed by atoms with van der Waals surface area (Å²) in [6.07, 6.45) is 1.77. The fourth-order valence-electron chi connectivity index (χ4n) is 2.12. The molecule has 0 amide bonds. The van der Waals surface area contributed by atoms with Crippen LogP contribution < -0.4 is 0 Å². The Morgan fingerprint density at radius 2 is 1.71 bits per heavy atom. The van der Waals surface area contributed by atoms with E-state index in [0.717, 1.165) is 0 Å². The molecule has 0 radical (unpaired) electrons. The first-order valence-corrected chi connectivity index (χ1v) is 8.05. The van der Waals surface area contributed by atoms with E-state index in [0.29, 0.717) is 25.2 Å². The van der Waals surface area contributed by atoms with Crippen LogP contribution in [0.5, 0.6) is 0 Å². The molecule has 0 bridgehead atoms. The second-order valence-electron chi connectivity index (χ2n) is 5.25. The number of hydrogen-bond donors (Lipinski definition) is 2. The first kappa shape index (κ1) is 16.9. The molecule has 17 heavy (non-hydrogen) atoms. The van der Waals surface area contributed by atoms with Crippen molar-refractivity contribution in [3.8, 4) is 0 Å². The minimum atomic E-state index is -2.95. The van der Waals surface area contributed by atoms with Crippen LogP contribution in [0, 0.1) is 11.3 Å². The average molecular weight is 266 g/mol. The zero-order valence-corrected chi connectivity index (χ0v) is 12.0. The third-order valence-electron chi connectivity index (χ3n) is 3.11. The van der Waals surface area contributed by atoms with Crippen molar-refractivity contribution >= 4 is 9.84 Å². The van der Waals surface area contributed by atoms with E-state index in [2.05, 4.69) is 0 Å². The van der Waals surface area contributed by atoms with Crippen molar-refractivity contribution in [3.05, 3.63) is 0 Å². The van der Waals surface area contributed by atoms with E-state index < -0.39 is 15.3 Å². The minimum absolute atomic E-state index is 0.0894. The van der Waals surface area contributed by atoms with Gasteiger partial charge in [-0.2, -0.15) is 0 Å². The lowest BCUT2D eigenvalue weighted by Crippen LogP contribution is -2.32. The van der Waals surface area contributed by atoms with Crippen molar-refractivity contribution in [2.75, 3.05) is 24.7 Å². The van der Waals surface area contributed by atoms with Crippen molar-refractivity contribution in [2.24, 2.45) is 11.3 Å². The highest BCUT2D eigenvalue weighted by Gasteiger charge is 2.29. The quantitative estimate of drug-likeness (QED) is 0.658. The molecule has 0 aliphatic rings. The lowest BCUT2D eigenvalue weighted by molar-refractivity contribution is 0.0292. The van der Waals surface area contributed by atoms with Crippen LogP contribution in [-0.2, 0) is 9.84 Å². The molecule has 0 aromatic rings. The molecule has 0 aromatic carbocycles. The van der Waals surface area contributed by atoms with Crippen molar-refractivity contribution in [3.63, 3.8) is 0 Å². The van der Waals surface area contributed by atoms with Crippen LogP contribution in [0.2, 0.25) is 0 Å². The van der Waals surface area contributed by atoms with Gasteiger partial charge in [-0.05, 0) is 25.2 Å². The van der Waals surface area contributed by atoms with Gasteiger partial charge < -0.3 is 10.2 Å². The van der Waals surface area contributed by atoms with Crippen LogP contribution in [0.4, 0.5) is 0 Å². The van der Waals surface area contributed by atoms with Gasteiger partial charge in [-0.1, -0.05) is 20.8 Å².